The van der Waals surface area contributed by atoms with Crippen molar-refractivity contribution >= 4 is 0 Å². The van der Waals surface area contributed by atoms with Crippen LogP contribution in [-0.4, -0.2) is 47.2 Å². The van der Waals surface area contributed by atoms with Gasteiger partial charge >= 0.3 is 6.36 Å². The second-order valence-electron chi connectivity index (χ2n) is 6.63. The van der Waals surface area contributed by atoms with Crippen molar-refractivity contribution in [1.82, 2.24) is 15.1 Å². The van der Waals surface area contributed by atoms with Gasteiger partial charge in [-0.2, -0.15) is 0 Å². The van der Waals surface area contributed by atoms with Crippen LogP contribution in [0.25, 0.3) is 11.3 Å². The molecule has 3 saturated heterocycles. The predicted octanol–water partition coefficient (Wildman–Crippen LogP) is 3.52. The van der Waals surface area contributed by atoms with E-state index in [4.69, 9.17) is 4.74 Å². The van der Waals surface area contributed by atoms with Crippen LogP contribution in [0.1, 0.15) is 12.8 Å². The Balaban J connectivity index is 1.45. The number of alkyl halides is 3. The molecule has 138 valence electrons. The molecule has 2 bridgehead atoms. The molecule has 1 aromatic carbocycles. The lowest BCUT2D eigenvalue weighted by molar-refractivity contribution is -0.274. The van der Waals surface area contributed by atoms with E-state index in [1.165, 1.54) is 18.2 Å². The van der Waals surface area contributed by atoms with Gasteiger partial charge in [0.05, 0.1) is 5.69 Å². The molecule has 0 unspecified atom stereocenters. The number of hydrogen-bond donors (Lipinski definition) is 0. The number of aromatic nitrogens is 2. The van der Waals surface area contributed by atoms with Crippen LogP contribution in [0.2, 0.25) is 0 Å². The minimum absolute atomic E-state index is 0.126. The molecule has 1 aromatic heterocycles. The molecule has 1 atom stereocenters. The van der Waals surface area contributed by atoms with Crippen molar-refractivity contribution in [3.63, 3.8) is 0 Å². The number of nitrogens with zero attached hydrogens (tertiary/aromatic N) is 3. The van der Waals surface area contributed by atoms with Crippen LogP contribution >= 0.6 is 0 Å². The first-order valence-electron chi connectivity index (χ1n) is 8.55. The Morgan fingerprint density at radius 3 is 2.46 bits per heavy atom. The number of rotatable bonds is 4. The number of piperidine rings is 3. The molecule has 3 aliphatic rings. The molecular weight excluding hydrogens is 347 g/mol. The molecule has 26 heavy (non-hydrogen) atoms. The average Bonchev–Trinajstić information content (AvgIpc) is 2.62. The van der Waals surface area contributed by atoms with Gasteiger partial charge in [0, 0.05) is 18.2 Å². The van der Waals surface area contributed by atoms with E-state index in [-0.39, 0.29) is 11.9 Å². The Morgan fingerprint density at radius 1 is 1.04 bits per heavy atom. The molecule has 0 aliphatic carbocycles. The summed E-state index contributed by atoms with van der Waals surface area (Å²) in [5, 5.41) is 8.17. The summed E-state index contributed by atoms with van der Waals surface area (Å²) >= 11 is 0. The lowest BCUT2D eigenvalue weighted by atomic mass is 9.86. The van der Waals surface area contributed by atoms with Gasteiger partial charge in [0.25, 0.3) is 0 Å². The van der Waals surface area contributed by atoms with Gasteiger partial charge in [0.2, 0.25) is 5.88 Å². The van der Waals surface area contributed by atoms with Crippen molar-refractivity contribution in [2.24, 2.45) is 5.92 Å². The maximum absolute atomic E-state index is 12.3. The Labute approximate surface area is 148 Å². The molecule has 8 heteroatoms. The van der Waals surface area contributed by atoms with Gasteiger partial charge in [0.15, 0.2) is 0 Å². The fourth-order valence-corrected chi connectivity index (χ4v) is 3.59. The molecule has 0 radical (unpaired) electrons. The number of benzene rings is 1. The van der Waals surface area contributed by atoms with Crippen LogP contribution in [0.5, 0.6) is 11.6 Å². The fourth-order valence-electron chi connectivity index (χ4n) is 3.59. The Morgan fingerprint density at radius 2 is 1.85 bits per heavy atom. The molecule has 0 amide bonds. The van der Waals surface area contributed by atoms with E-state index >= 15 is 0 Å². The molecule has 0 N–H and O–H groups in total. The fraction of sp³-hybridized carbons (Fsp3) is 0.444. The van der Waals surface area contributed by atoms with Crippen molar-refractivity contribution in [3.8, 4) is 22.9 Å². The quantitative estimate of drug-likeness (QED) is 0.830. The van der Waals surface area contributed by atoms with E-state index in [0.29, 0.717) is 23.1 Å². The van der Waals surface area contributed by atoms with Crippen molar-refractivity contribution < 1.29 is 22.6 Å². The van der Waals surface area contributed by atoms with Crippen LogP contribution in [-0.2, 0) is 0 Å². The van der Waals surface area contributed by atoms with Gasteiger partial charge < -0.3 is 9.47 Å². The largest absolute Gasteiger partial charge is 0.573 e. The van der Waals surface area contributed by atoms with Crippen LogP contribution < -0.4 is 9.47 Å². The summed E-state index contributed by atoms with van der Waals surface area (Å²) in [6, 6.07) is 9.06. The minimum atomic E-state index is -4.72. The number of hydrogen-bond acceptors (Lipinski definition) is 5. The van der Waals surface area contributed by atoms with Gasteiger partial charge in [-0.05, 0) is 50.0 Å². The maximum atomic E-state index is 12.3. The van der Waals surface area contributed by atoms with Crippen molar-refractivity contribution in [1.29, 1.82) is 0 Å². The van der Waals surface area contributed by atoms with E-state index in [1.807, 2.05) is 0 Å². The molecule has 3 fully saturated rings. The third-order valence-corrected chi connectivity index (χ3v) is 4.87. The van der Waals surface area contributed by atoms with Crippen LogP contribution in [0.3, 0.4) is 0 Å². The van der Waals surface area contributed by atoms with Gasteiger partial charge in [-0.25, -0.2) is 0 Å². The van der Waals surface area contributed by atoms with E-state index in [1.54, 1.807) is 18.2 Å². The zero-order valence-electron chi connectivity index (χ0n) is 13.9. The van der Waals surface area contributed by atoms with Crippen molar-refractivity contribution in [3.05, 3.63) is 36.4 Å². The molecule has 0 saturated carbocycles. The highest BCUT2D eigenvalue weighted by Crippen LogP contribution is 2.31. The van der Waals surface area contributed by atoms with Crippen LogP contribution in [0, 0.1) is 5.92 Å². The SMILES string of the molecule is FC(F)(F)Oc1cccc(-c2ccc(O[C@H]3CN4CCC3CC4)nn2)c1. The van der Waals surface area contributed by atoms with E-state index in [0.717, 1.165) is 32.5 Å². The first-order chi connectivity index (χ1) is 12.5. The maximum Gasteiger partial charge on any atom is 0.573 e. The normalized spacial score (nSPS) is 25.1. The highest BCUT2D eigenvalue weighted by atomic mass is 19.4. The Hall–Kier alpha value is -2.35. The lowest BCUT2D eigenvalue weighted by Gasteiger charge is -2.44. The summed E-state index contributed by atoms with van der Waals surface area (Å²) in [6.07, 6.45) is -2.32. The number of fused-ring (bicyclic) bond motifs is 3. The summed E-state index contributed by atoms with van der Waals surface area (Å²) in [5.74, 6) is 0.706. The second kappa shape index (κ2) is 6.75. The topological polar surface area (TPSA) is 47.5 Å². The average molecular weight is 365 g/mol. The highest BCUT2D eigenvalue weighted by Gasteiger charge is 2.35. The van der Waals surface area contributed by atoms with E-state index < -0.39 is 6.36 Å². The molecule has 5 nitrogen and oxygen atoms in total. The minimum Gasteiger partial charge on any atom is -0.472 e. The van der Waals surface area contributed by atoms with Crippen LogP contribution in [0.15, 0.2) is 36.4 Å². The van der Waals surface area contributed by atoms with Gasteiger partial charge in [-0.1, -0.05) is 12.1 Å². The molecule has 2 aromatic rings. The van der Waals surface area contributed by atoms with Gasteiger partial charge in [-0.3, -0.25) is 4.90 Å². The van der Waals surface area contributed by atoms with E-state index in [9.17, 15) is 13.2 Å². The Kier molecular flexibility index (Phi) is 4.44. The van der Waals surface area contributed by atoms with Gasteiger partial charge in [-0.15, -0.1) is 23.4 Å². The zero-order chi connectivity index (χ0) is 18.1. The predicted molar refractivity (Wildman–Crippen MR) is 87.7 cm³/mol. The monoisotopic (exact) mass is 365 g/mol. The van der Waals surface area contributed by atoms with Crippen molar-refractivity contribution in [2.45, 2.75) is 25.3 Å². The second-order valence-corrected chi connectivity index (χ2v) is 6.63. The molecule has 4 heterocycles. The summed E-state index contributed by atoms with van der Waals surface area (Å²) < 4.78 is 47.0. The summed E-state index contributed by atoms with van der Waals surface area (Å²) in [4.78, 5) is 2.39. The van der Waals surface area contributed by atoms with Gasteiger partial charge in [0.1, 0.15) is 11.9 Å². The smallest absolute Gasteiger partial charge is 0.472 e. The lowest BCUT2D eigenvalue weighted by Crippen LogP contribution is -2.52. The summed E-state index contributed by atoms with van der Waals surface area (Å²) in [7, 11) is 0. The molecular formula is C18H18F3N3O2. The third-order valence-electron chi connectivity index (χ3n) is 4.87. The summed E-state index contributed by atoms with van der Waals surface area (Å²) in [6.45, 7) is 3.17. The number of ether oxygens (including phenoxy) is 2. The Bertz CT molecular complexity index is 759. The number of halogens is 3. The summed E-state index contributed by atoms with van der Waals surface area (Å²) in [5.41, 5.74) is 0.951. The third kappa shape index (κ3) is 3.90. The highest BCUT2D eigenvalue weighted by molar-refractivity contribution is 5.60. The van der Waals surface area contributed by atoms with Crippen LogP contribution in [0.4, 0.5) is 13.2 Å². The molecule has 3 aliphatic heterocycles. The standard InChI is InChI=1S/C18H18F3N3O2/c19-18(20,21)26-14-3-1-2-13(10-14)15-4-5-17(23-22-15)25-16-11-24-8-6-12(16)7-9-24/h1-5,10,12,16H,6-9,11H2/t16-/m0/s1. The first kappa shape index (κ1) is 17.1. The zero-order valence-corrected chi connectivity index (χ0v) is 13.9. The van der Waals surface area contributed by atoms with E-state index in [2.05, 4.69) is 19.8 Å². The van der Waals surface area contributed by atoms with Crippen molar-refractivity contribution in [2.75, 3.05) is 19.6 Å². The first-order valence-corrected chi connectivity index (χ1v) is 8.55. The molecule has 0 spiro atoms. The molecule has 5 rings (SSSR count).